The van der Waals surface area contributed by atoms with Gasteiger partial charge in [0, 0.05) is 55.4 Å². The Hall–Kier alpha value is -3.85. The van der Waals surface area contributed by atoms with Crippen LogP contribution in [0.5, 0.6) is 5.75 Å². The molecule has 0 bridgehead atoms. The van der Waals surface area contributed by atoms with Crippen LogP contribution >= 0.6 is 0 Å². The lowest BCUT2D eigenvalue weighted by atomic mass is 9.95. The lowest BCUT2D eigenvalue weighted by molar-refractivity contribution is -0.118. The molecule has 9 nitrogen and oxygen atoms in total. The minimum atomic E-state index is -0.253. The SMILES string of the molecule is CC(=O)NCCn1cc(-c2ccc(C[C@@H](CCO)NC(=O)c3ccc(OC(C)C)c(N)c3)cc2)nc1C(C)(C)C. The molecule has 3 aromatic rings. The summed E-state index contributed by atoms with van der Waals surface area (Å²) in [6, 6.07) is 12.8. The molecule has 216 valence electrons. The molecule has 2 amide bonds. The predicted molar refractivity (Wildman–Crippen MR) is 158 cm³/mol. The number of hydrogen-bond acceptors (Lipinski definition) is 6. The van der Waals surface area contributed by atoms with E-state index >= 15 is 0 Å². The maximum absolute atomic E-state index is 12.9. The second-order valence-corrected chi connectivity index (χ2v) is 11.4. The van der Waals surface area contributed by atoms with Crippen LogP contribution in [0, 0.1) is 0 Å². The predicted octanol–water partition coefficient (Wildman–Crippen LogP) is 4.08. The van der Waals surface area contributed by atoms with Gasteiger partial charge >= 0.3 is 0 Å². The topological polar surface area (TPSA) is 132 Å². The molecular weight excluding hydrogens is 506 g/mol. The number of nitrogens with zero attached hydrogens (tertiary/aromatic N) is 2. The highest BCUT2D eigenvalue weighted by atomic mass is 16.5. The van der Waals surface area contributed by atoms with Gasteiger partial charge in [0.2, 0.25) is 5.91 Å². The molecule has 0 radical (unpaired) electrons. The largest absolute Gasteiger partial charge is 0.489 e. The standard InChI is InChI=1S/C31H43N5O4/c1-20(2)40-28-12-11-24(18-26(28)32)29(39)34-25(13-16-37)17-22-7-9-23(10-8-22)27-19-36(15-14-33-21(3)38)30(35-27)31(4,5)6/h7-12,18-20,25,37H,13-17,32H2,1-6H3,(H,33,38)(H,34,39)/t25-/m1/s1. The number of aromatic nitrogens is 2. The Kier molecular flexibility index (Phi) is 10.3. The number of benzene rings is 2. The summed E-state index contributed by atoms with van der Waals surface area (Å²) in [6.07, 6.45) is 2.99. The first kappa shape index (κ1) is 30.7. The molecule has 9 heteroatoms. The van der Waals surface area contributed by atoms with E-state index in [0.29, 0.717) is 42.9 Å². The first-order valence-corrected chi connectivity index (χ1v) is 13.8. The van der Waals surface area contributed by atoms with Crippen LogP contribution in [0.25, 0.3) is 11.3 Å². The molecule has 3 rings (SSSR count). The third-order valence-corrected chi connectivity index (χ3v) is 6.35. The number of anilines is 1. The molecule has 0 aliphatic rings. The quantitative estimate of drug-likeness (QED) is 0.252. The summed E-state index contributed by atoms with van der Waals surface area (Å²) in [6.45, 7) is 12.8. The van der Waals surface area contributed by atoms with Crippen molar-refractivity contribution in [2.24, 2.45) is 0 Å². The number of ether oxygens (including phenoxy) is 1. The van der Waals surface area contributed by atoms with Crippen molar-refractivity contribution in [1.29, 1.82) is 0 Å². The van der Waals surface area contributed by atoms with Gasteiger partial charge in [-0.05, 0) is 50.5 Å². The zero-order valence-corrected chi connectivity index (χ0v) is 24.5. The van der Waals surface area contributed by atoms with E-state index in [1.54, 1.807) is 18.2 Å². The number of nitrogen functional groups attached to an aromatic ring is 1. The Bertz CT molecular complexity index is 1290. The number of nitrogens with two attached hydrogens (primary N) is 1. The number of nitrogens with one attached hydrogen (secondary N) is 2. The molecule has 0 aliphatic heterocycles. The summed E-state index contributed by atoms with van der Waals surface area (Å²) in [5.41, 5.74) is 9.65. The van der Waals surface area contributed by atoms with E-state index in [2.05, 4.69) is 36.0 Å². The van der Waals surface area contributed by atoms with Crippen LogP contribution < -0.4 is 21.1 Å². The molecule has 0 spiro atoms. The number of carbonyl (C=O) groups is 2. The molecule has 1 atom stereocenters. The van der Waals surface area contributed by atoms with Crippen LogP contribution in [0.2, 0.25) is 0 Å². The van der Waals surface area contributed by atoms with Gasteiger partial charge < -0.3 is 30.8 Å². The third kappa shape index (κ3) is 8.58. The second-order valence-electron chi connectivity index (χ2n) is 11.4. The van der Waals surface area contributed by atoms with Crippen molar-refractivity contribution in [3.63, 3.8) is 0 Å². The summed E-state index contributed by atoms with van der Waals surface area (Å²) in [5.74, 6) is 1.19. The van der Waals surface area contributed by atoms with E-state index < -0.39 is 0 Å². The monoisotopic (exact) mass is 549 g/mol. The number of rotatable bonds is 12. The highest BCUT2D eigenvalue weighted by Crippen LogP contribution is 2.27. The molecule has 40 heavy (non-hydrogen) atoms. The van der Waals surface area contributed by atoms with E-state index in [1.807, 2.05) is 44.3 Å². The molecule has 1 heterocycles. The fourth-order valence-electron chi connectivity index (χ4n) is 4.47. The van der Waals surface area contributed by atoms with Gasteiger partial charge in [-0.3, -0.25) is 9.59 Å². The molecule has 0 saturated carbocycles. The molecular formula is C31H43N5O4. The summed E-state index contributed by atoms with van der Waals surface area (Å²) >= 11 is 0. The first-order chi connectivity index (χ1) is 18.9. The van der Waals surface area contributed by atoms with E-state index in [1.165, 1.54) is 6.92 Å². The maximum Gasteiger partial charge on any atom is 0.251 e. The zero-order chi connectivity index (χ0) is 29.4. The van der Waals surface area contributed by atoms with Crippen molar-refractivity contribution in [1.82, 2.24) is 20.2 Å². The molecule has 0 unspecified atom stereocenters. The number of aliphatic hydroxyl groups excluding tert-OH is 1. The van der Waals surface area contributed by atoms with Crippen LogP contribution in [0.3, 0.4) is 0 Å². The average molecular weight is 550 g/mol. The molecule has 1 aromatic heterocycles. The highest BCUT2D eigenvalue weighted by molar-refractivity contribution is 5.95. The summed E-state index contributed by atoms with van der Waals surface area (Å²) < 4.78 is 7.76. The second kappa shape index (κ2) is 13.5. The highest BCUT2D eigenvalue weighted by Gasteiger charge is 2.22. The lowest BCUT2D eigenvalue weighted by Crippen LogP contribution is -2.37. The van der Waals surface area contributed by atoms with Crippen molar-refractivity contribution < 1.29 is 19.4 Å². The van der Waals surface area contributed by atoms with Gasteiger partial charge in [-0.25, -0.2) is 4.98 Å². The van der Waals surface area contributed by atoms with Gasteiger partial charge in [-0.15, -0.1) is 0 Å². The zero-order valence-electron chi connectivity index (χ0n) is 24.5. The normalized spacial score (nSPS) is 12.3. The van der Waals surface area contributed by atoms with Crippen LogP contribution in [-0.2, 0) is 23.2 Å². The van der Waals surface area contributed by atoms with Crippen molar-refractivity contribution in [3.8, 4) is 17.0 Å². The smallest absolute Gasteiger partial charge is 0.251 e. The number of carbonyl (C=O) groups excluding carboxylic acids is 2. The Labute approximate surface area is 237 Å². The molecule has 5 N–H and O–H groups in total. The summed E-state index contributed by atoms with van der Waals surface area (Å²) in [5, 5.41) is 15.5. The van der Waals surface area contributed by atoms with Gasteiger partial charge in [-0.1, -0.05) is 45.0 Å². The van der Waals surface area contributed by atoms with E-state index in [-0.39, 0.29) is 36.0 Å². The van der Waals surface area contributed by atoms with E-state index in [0.717, 1.165) is 22.6 Å². The van der Waals surface area contributed by atoms with E-state index in [9.17, 15) is 14.7 Å². The minimum absolute atomic E-state index is 0.0198. The molecule has 0 aliphatic carbocycles. The van der Waals surface area contributed by atoms with Gasteiger partial charge in [0.25, 0.3) is 5.91 Å². The van der Waals surface area contributed by atoms with Crippen LogP contribution in [0.4, 0.5) is 5.69 Å². The number of hydrogen-bond donors (Lipinski definition) is 4. The lowest BCUT2D eigenvalue weighted by Gasteiger charge is -2.19. The van der Waals surface area contributed by atoms with Crippen LogP contribution in [0.15, 0.2) is 48.7 Å². The van der Waals surface area contributed by atoms with Crippen LogP contribution in [0.1, 0.15) is 69.7 Å². The Morgan fingerprint density at radius 3 is 2.40 bits per heavy atom. The fraction of sp³-hybridized carbons (Fsp3) is 0.452. The summed E-state index contributed by atoms with van der Waals surface area (Å²) in [4.78, 5) is 29.2. The number of aliphatic hydroxyl groups is 1. The Morgan fingerprint density at radius 2 is 1.82 bits per heavy atom. The first-order valence-electron chi connectivity index (χ1n) is 13.8. The number of amides is 2. The van der Waals surface area contributed by atoms with Gasteiger partial charge in [0.05, 0.1) is 17.5 Å². The third-order valence-electron chi connectivity index (χ3n) is 6.35. The van der Waals surface area contributed by atoms with Crippen molar-refractivity contribution in [2.45, 2.75) is 78.5 Å². The van der Waals surface area contributed by atoms with Gasteiger partial charge in [0.1, 0.15) is 11.6 Å². The van der Waals surface area contributed by atoms with Crippen LogP contribution in [-0.4, -0.2) is 51.8 Å². The van der Waals surface area contributed by atoms with Crippen molar-refractivity contribution in [2.75, 3.05) is 18.9 Å². The molecule has 0 saturated heterocycles. The maximum atomic E-state index is 12.9. The Balaban J connectivity index is 1.71. The van der Waals surface area contributed by atoms with E-state index in [4.69, 9.17) is 15.5 Å². The van der Waals surface area contributed by atoms with Crippen molar-refractivity contribution >= 4 is 17.5 Å². The number of imidazole rings is 1. The van der Waals surface area contributed by atoms with Gasteiger partial charge in [-0.2, -0.15) is 0 Å². The van der Waals surface area contributed by atoms with Gasteiger partial charge in [0.15, 0.2) is 0 Å². The fourth-order valence-corrected chi connectivity index (χ4v) is 4.47. The Morgan fingerprint density at radius 1 is 1.12 bits per heavy atom. The average Bonchev–Trinajstić information content (AvgIpc) is 3.30. The summed E-state index contributed by atoms with van der Waals surface area (Å²) in [7, 11) is 0. The minimum Gasteiger partial charge on any atom is -0.489 e. The molecule has 0 fully saturated rings. The molecule has 2 aromatic carbocycles. The van der Waals surface area contributed by atoms with Crippen molar-refractivity contribution in [3.05, 3.63) is 65.6 Å².